The van der Waals surface area contributed by atoms with Crippen molar-refractivity contribution in [2.45, 2.75) is 52.5 Å². The van der Waals surface area contributed by atoms with Crippen molar-refractivity contribution < 1.29 is 4.79 Å². The maximum absolute atomic E-state index is 12.1. The average Bonchev–Trinajstić information content (AvgIpc) is 2.37. The molecular formula is C15H23NO. The Labute approximate surface area is 104 Å². The van der Waals surface area contributed by atoms with Gasteiger partial charge >= 0.3 is 0 Å². The molecule has 0 bridgehead atoms. The second kappa shape index (κ2) is 5.85. The Bertz CT molecular complexity index is 355. The van der Waals surface area contributed by atoms with Crippen molar-refractivity contribution in [3.63, 3.8) is 0 Å². The smallest absolute Gasteiger partial charge is 0.251 e. The lowest BCUT2D eigenvalue weighted by atomic mass is 9.89. The van der Waals surface area contributed by atoms with Gasteiger partial charge in [-0.15, -0.1) is 0 Å². The van der Waals surface area contributed by atoms with Crippen LogP contribution in [0.3, 0.4) is 0 Å². The van der Waals surface area contributed by atoms with E-state index in [9.17, 15) is 4.79 Å². The van der Waals surface area contributed by atoms with Gasteiger partial charge in [0, 0.05) is 11.1 Å². The summed E-state index contributed by atoms with van der Waals surface area (Å²) in [6.45, 7) is 8.41. The van der Waals surface area contributed by atoms with Gasteiger partial charge in [0.15, 0.2) is 0 Å². The summed E-state index contributed by atoms with van der Waals surface area (Å²) in [6.07, 6.45) is 2.91. The van der Waals surface area contributed by atoms with Crippen LogP contribution >= 0.6 is 0 Å². The van der Waals surface area contributed by atoms with E-state index in [1.54, 1.807) is 0 Å². The number of rotatable bonds is 5. The SMILES string of the molecule is CCC(CC)(CC)NC(=O)c1ccc(C)cc1. The van der Waals surface area contributed by atoms with E-state index in [4.69, 9.17) is 0 Å². The predicted molar refractivity (Wildman–Crippen MR) is 72.2 cm³/mol. The molecule has 0 saturated heterocycles. The first-order chi connectivity index (χ1) is 8.06. The zero-order valence-electron chi connectivity index (χ0n) is 11.3. The number of hydrogen-bond acceptors (Lipinski definition) is 1. The van der Waals surface area contributed by atoms with Gasteiger partial charge in [0.2, 0.25) is 0 Å². The monoisotopic (exact) mass is 233 g/mol. The third-order valence-electron chi connectivity index (χ3n) is 3.72. The summed E-state index contributed by atoms with van der Waals surface area (Å²) < 4.78 is 0. The number of carbonyl (C=O) groups is 1. The van der Waals surface area contributed by atoms with Gasteiger partial charge < -0.3 is 5.32 Å². The molecule has 0 radical (unpaired) electrons. The molecule has 0 aliphatic carbocycles. The highest BCUT2D eigenvalue weighted by Gasteiger charge is 2.26. The predicted octanol–water partition coefficient (Wildman–Crippen LogP) is 3.69. The quantitative estimate of drug-likeness (QED) is 0.825. The number of nitrogens with one attached hydrogen (secondary N) is 1. The van der Waals surface area contributed by atoms with E-state index in [0.29, 0.717) is 0 Å². The molecule has 94 valence electrons. The molecule has 2 nitrogen and oxygen atoms in total. The van der Waals surface area contributed by atoms with Crippen LogP contribution < -0.4 is 5.32 Å². The summed E-state index contributed by atoms with van der Waals surface area (Å²) in [7, 11) is 0. The van der Waals surface area contributed by atoms with Crippen LogP contribution in [-0.2, 0) is 0 Å². The van der Waals surface area contributed by atoms with Crippen LogP contribution in [0.15, 0.2) is 24.3 Å². The first kappa shape index (κ1) is 13.8. The van der Waals surface area contributed by atoms with E-state index in [1.165, 1.54) is 5.56 Å². The number of hydrogen-bond donors (Lipinski definition) is 1. The number of aryl methyl sites for hydroxylation is 1. The molecule has 0 spiro atoms. The molecule has 0 aliphatic rings. The number of benzene rings is 1. The number of carbonyl (C=O) groups excluding carboxylic acids is 1. The highest BCUT2D eigenvalue weighted by molar-refractivity contribution is 5.94. The minimum Gasteiger partial charge on any atom is -0.347 e. The summed E-state index contributed by atoms with van der Waals surface area (Å²) in [5, 5.41) is 3.18. The largest absolute Gasteiger partial charge is 0.347 e. The third-order valence-corrected chi connectivity index (χ3v) is 3.72. The van der Waals surface area contributed by atoms with E-state index in [-0.39, 0.29) is 11.4 Å². The van der Waals surface area contributed by atoms with Crippen LogP contribution in [0.5, 0.6) is 0 Å². The minimum atomic E-state index is -0.0536. The van der Waals surface area contributed by atoms with Crippen molar-refractivity contribution in [3.8, 4) is 0 Å². The average molecular weight is 233 g/mol. The lowest BCUT2D eigenvalue weighted by Gasteiger charge is -2.31. The standard InChI is InChI=1S/C15H23NO/c1-5-15(6-2,7-3)16-14(17)13-10-8-12(4)9-11-13/h8-11H,5-7H2,1-4H3,(H,16,17). The van der Waals surface area contributed by atoms with Gasteiger partial charge in [-0.2, -0.15) is 0 Å². The van der Waals surface area contributed by atoms with E-state index < -0.39 is 0 Å². The maximum Gasteiger partial charge on any atom is 0.251 e. The van der Waals surface area contributed by atoms with Crippen LogP contribution in [0.1, 0.15) is 56.0 Å². The number of amides is 1. The zero-order chi connectivity index (χ0) is 12.9. The summed E-state index contributed by atoms with van der Waals surface area (Å²) in [6, 6.07) is 7.72. The van der Waals surface area contributed by atoms with Gasteiger partial charge in [-0.05, 0) is 38.3 Å². The Kier molecular flexibility index (Phi) is 4.73. The summed E-state index contributed by atoms with van der Waals surface area (Å²) in [5.41, 5.74) is 1.87. The molecule has 0 heterocycles. The molecule has 0 saturated carbocycles. The topological polar surface area (TPSA) is 29.1 Å². The molecule has 1 aromatic rings. The van der Waals surface area contributed by atoms with Crippen LogP contribution in [-0.4, -0.2) is 11.4 Å². The van der Waals surface area contributed by atoms with Crippen molar-refractivity contribution in [3.05, 3.63) is 35.4 Å². The molecule has 1 aromatic carbocycles. The van der Waals surface area contributed by atoms with Crippen molar-refractivity contribution >= 4 is 5.91 Å². The fourth-order valence-corrected chi connectivity index (χ4v) is 2.03. The normalized spacial score (nSPS) is 11.3. The Hall–Kier alpha value is -1.31. The van der Waals surface area contributed by atoms with Gasteiger partial charge in [0.1, 0.15) is 0 Å². The van der Waals surface area contributed by atoms with Crippen LogP contribution in [0, 0.1) is 6.92 Å². The van der Waals surface area contributed by atoms with Gasteiger partial charge in [-0.1, -0.05) is 38.5 Å². The summed E-state index contributed by atoms with van der Waals surface area (Å²) >= 11 is 0. The van der Waals surface area contributed by atoms with Crippen LogP contribution in [0.25, 0.3) is 0 Å². The molecule has 0 aliphatic heterocycles. The molecule has 0 atom stereocenters. The van der Waals surface area contributed by atoms with Gasteiger partial charge in [0.25, 0.3) is 5.91 Å². The van der Waals surface area contributed by atoms with E-state index in [1.807, 2.05) is 31.2 Å². The highest BCUT2D eigenvalue weighted by Crippen LogP contribution is 2.20. The molecule has 2 heteroatoms. The maximum atomic E-state index is 12.1. The van der Waals surface area contributed by atoms with Crippen molar-refractivity contribution in [2.75, 3.05) is 0 Å². The zero-order valence-corrected chi connectivity index (χ0v) is 11.3. The van der Waals surface area contributed by atoms with Gasteiger partial charge in [-0.25, -0.2) is 0 Å². The molecule has 0 unspecified atom stereocenters. The summed E-state index contributed by atoms with van der Waals surface area (Å²) in [4.78, 5) is 12.1. The van der Waals surface area contributed by atoms with Crippen molar-refractivity contribution in [1.82, 2.24) is 5.32 Å². The summed E-state index contributed by atoms with van der Waals surface area (Å²) in [5.74, 6) is 0.0375. The van der Waals surface area contributed by atoms with Gasteiger partial charge in [-0.3, -0.25) is 4.79 Å². The lowest BCUT2D eigenvalue weighted by molar-refractivity contribution is 0.0888. The Morgan fingerprint density at radius 2 is 1.53 bits per heavy atom. The van der Waals surface area contributed by atoms with Crippen molar-refractivity contribution in [2.24, 2.45) is 0 Å². The second-order valence-corrected chi connectivity index (χ2v) is 4.66. The third kappa shape index (κ3) is 3.32. The van der Waals surface area contributed by atoms with Crippen molar-refractivity contribution in [1.29, 1.82) is 0 Å². The molecular weight excluding hydrogens is 210 g/mol. The Balaban J connectivity index is 2.81. The second-order valence-electron chi connectivity index (χ2n) is 4.66. The van der Waals surface area contributed by atoms with E-state index >= 15 is 0 Å². The van der Waals surface area contributed by atoms with Crippen LogP contribution in [0.4, 0.5) is 0 Å². The first-order valence-electron chi connectivity index (χ1n) is 6.46. The Morgan fingerprint density at radius 1 is 1.06 bits per heavy atom. The molecule has 0 aromatic heterocycles. The minimum absolute atomic E-state index is 0.0375. The van der Waals surface area contributed by atoms with Crippen LogP contribution in [0.2, 0.25) is 0 Å². The van der Waals surface area contributed by atoms with E-state index in [2.05, 4.69) is 26.1 Å². The lowest BCUT2D eigenvalue weighted by Crippen LogP contribution is -2.47. The molecule has 17 heavy (non-hydrogen) atoms. The highest BCUT2D eigenvalue weighted by atomic mass is 16.1. The van der Waals surface area contributed by atoms with Gasteiger partial charge in [0.05, 0.1) is 0 Å². The molecule has 1 rings (SSSR count). The Morgan fingerprint density at radius 3 is 1.94 bits per heavy atom. The fraction of sp³-hybridized carbons (Fsp3) is 0.533. The molecule has 1 amide bonds. The molecule has 0 fully saturated rings. The van der Waals surface area contributed by atoms with E-state index in [0.717, 1.165) is 24.8 Å². The fourth-order valence-electron chi connectivity index (χ4n) is 2.03. The first-order valence-corrected chi connectivity index (χ1v) is 6.46. The molecule has 1 N–H and O–H groups in total.